The first kappa shape index (κ1) is 15.5. The van der Waals surface area contributed by atoms with E-state index in [0.29, 0.717) is 11.3 Å². The van der Waals surface area contributed by atoms with Crippen LogP contribution in [0.25, 0.3) is 0 Å². The van der Waals surface area contributed by atoms with Crippen molar-refractivity contribution in [3.8, 4) is 5.75 Å². The van der Waals surface area contributed by atoms with Crippen LogP contribution in [-0.4, -0.2) is 21.4 Å². The number of sulfonamides is 1. The fourth-order valence-corrected chi connectivity index (χ4v) is 3.66. The van der Waals surface area contributed by atoms with Crippen molar-refractivity contribution in [3.05, 3.63) is 46.8 Å². The summed E-state index contributed by atoms with van der Waals surface area (Å²) in [6.07, 6.45) is 0. The second kappa shape index (κ2) is 6.25. The molecule has 0 bridgehead atoms. The van der Waals surface area contributed by atoms with Crippen LogP contribution in [0.3, 0.4) is 0 Å². The second-order valence-electron chi connectivity index (χ2n) is 4.15. The molecule has 6 nitrogen and oxygen atoms in total. The normalized spacial score (nSPS) is 11.1. The molecule has 0 saturated heterocycles. The second-order valence-corrected chi connectivity index (χ2v) is 7.35. The average Bonchev–Trinajstić information content (AvgIpc) is 2.92. The summed E-state index contributed by atoms with van der Waals surface area (Å²) in [4.78, 5) is 14.8. The maximum Gasteiger partial charge on any atom is 0.266 e. The van der Waals surface area contributed by atoms with E-state index in [0.717, 1.165) is 16.2 Å². The standard InChI is InChI=1S/C13H14N2O4S2/c1-9-3-8-12(20-9)21(17,18)15-14-13(16)10-4-6-11(19-2)7-5-10/h3-8,15H,1-2H3,(H,14,16). The molecule has 2 aromatic rings. The lowest BCUT2D eigenvalue weighted by molar-refractivity contribution is 0.0945. The van der Waals surface area contributed by atoms with E-state index < -0.39 is 15.9 Å². The molecule has 1 amide bonds. The molecule has 0 spiro atoms. The van der Waals surface area contributed by atoms with Gasteiger partial charge in [-0.1, -0.05) is 0 Å². The summed E-state index contributed by atoms with van der Waals surface area (Å²) in [6, 6.07) is 9.50. The van der Waals surface area contributed by atoms with Crippen LogP contribution in [-0.2, 0) is 10.0 Å². The third-order valence-electron chi connectivity index (χ3n) is 2.63. The molecule has 1 heterocycles. The maximum absolute atomic E-state index is 11.9. The minimum absolute atomic E-state index is 0.148. The topological polar surface area (TPSA) is 84.5 Å². The molecule has 0 radical (unpaired) electrons. The van der Waals surface area contributed by atoms with Crippen molar-refractivity contribution in [2.75, 3.05) is 7.11 Å². The highest BCUT2D eigenvalue weighted by Gasteiger charge is 2.17. The Morgan fingerprint density at radius 3 is 2.33 bits per heavy atom. The number of carbonyl (C=O) groups is 1. The number of hydrogen-bond donors (Lipinski definition) is 2. The van der Waals surface area contributed by atoms with Gasteiger partial charge in [-0.3, -0.25) is 10.2 Å². The van der Waals surface area contributed by atoms with E-state index in [1.165, 1.54) is 25.3 Å². The number of methoxy groups -OCH3 is 1. The first-order valence-electron chi connectivity index (χ1n) is 5.95. The van der Waals surface area contributed by atoms with Crippen molar-refractivity contribution in [1.29, 1.82) is 0 Å². The van der Waals surface area contributed by atoms with Gasteiger partial charge < -0.3 is 4.74 Å². The lowest BCUT2D eigenvalue weighted by Gasteiger charge is -2.07. The fourth-order valence-electron chi connectivity index (χ4n) is 1.53. The van der Waals surface area contributed by atoms with E-state index in [9.17, 15) is 13.2 Å². The maximum atomic E-state index is 11.9. The van der Waals surface area contributed by atoms with Crippen LogP contribution in [0.4, 0.5) is 0 Å². The Bertz CT molecular complexity index is 736. The Kier molecular flexibility index (Phi) is 4.61. The Morgan fingerprint density at radius 1 is 1.14 bits per heavy atom. The van der Waals surface area contributed by atoms with E-state index in [1.807, 2.05) is 0 Å². The Balaban J connectivity index is 2.03. The van der Waals surface area contributed by atoms with Crippen molar-refractivity contribution in [2.24, 2.45) is 0 Å². The van der Waals surface area contributed by atoms with Crippen molar-refractivity contribution >= 4 is 27.3 Å². The zero-order valence-corrected chi connectivity index (χ0v) is 13.0. The summed E-state index contributed by atoms with van der Waals surface area (Å²) in [5.74, 6) is 0.0655. The molecule has 2 N–H and O–H groups in total. The van der Waals surface area contributed by atoms with Gasteiger partial charge >= 0.3 is 0 Å². The summed E-state index contributed by atoms with van der Waals surface area (Å²) >= 11 is 1.13. The molecule has 2 rings (SSSR count). The molecule has 0 saturated carbocycles. The van der Waals surface area contributed by atoms with E-state index in [4.69, 9.17) is 4.74 Å². The zero-order valence-electron chi connectivity index (χ0n) is 11.4. The Labute approximate surface area is 126 Å². The van der Waals surface area contributed by atoms with Gasteiger partial charge in [-0.25, -0.2) is 8.42 Å². The summed E-state index contributed by atoms with van der Waals surface area (Å²) in [5.41, 5.74) is 2.49. The van der Waals surface area contributed by atoms with Gasteiger partial charge in [0.25, 0.3) is 15.9 Å². The van der Waals surface area contributed by atoms with Crippen LogP contribution in [0.2, 0.25) is 0 Å². The minimum Gasteiger partial charge on any atom is -0.497 e. The average molecular weight is 326 g/mol. The molecular weight excluding hydrogens is 312 g/mol. The van der Waals surface area contributed by atoms with Gasteiger partial charge in [0.1, 0.15) is 9.96 Å². The number of hydrogen-bond acceptors (Lipinski definition) is 5. The molecule has 21 heavy (non-hydrogen) atoms. The molecule has 8 heteroatoms. The highest BCUT2D eigenvalue weighted by Crippen LogP contribution is 2.19. The molecule has 0 fully saturated rings. The molecule has 0 atom stereocenters. The monoisotopic (exact) mass is 326 g/mol. The summed E-state index contributed by atoms with van der Waals surface area (Å²) in [7, 11) is -2.22. The number of thiophene rings is 1. The summed E-state index contributed by atoms with van der Waals surface area (Å²) < 4.78 is 29.0. The first-order valence-corrected chi connectivity index (χ1v) is 8.25. The lowest BCUT2D eigenvalue weighted by atomic mass is 10.2. The van der Waals surface area contributed by atoms with E-state index in [-0.39, 0.29) is 4.21 Å². The van der Waals surface area contributed by atoms with Crippen LogP contribution in [0.15, 0.2) is 40.6 Å². The highest BCUT2D eigenvalue weighted by atomic mass is 32.2. The first-order chi connectivity index (χ1) is 9.92. The Hall–Kier alpha value is -1.90. The fraction of sp³-hybridized carbons (Fsp3) is 0.154. The molecule has 0 unspecified atom stereocenters. The molecule has 1 aromatic heterocycles. The largest absolute Gasteiger partial charge is 0.497 e. The number of rotatable bonds is 5. The molecule has 1 aromatic carbocycles. The van der Waals surface area contributed by atoms with Crippen LogP contribution < -0.4 is 15.0 Å². The summed E-state index contributed by atoms with van der Waals surface area (Å²) in [6.45, 7) is 1.81. The zero-order chi connectivity index (χ0) is 15.5. The van der Waals surface area contributed by atoms with Crippen LogP contribution >= 0.6 is 11.3 Å². The number of aryl methyl sites for hydroxylation is 1. The predicted molar refractivity (Wildman–Crippen MR) is 79.8 cm³/mol. The van der Waals surface area contributed by atoms with Gasteiger partial charge in [0.15, 0.2) is 0 Å². The molecule has 112 valence electrons. The SMILES string of the molecule is COc1ccc(C(=O)NNS(=O)(=O)c2ccc(C)s2)cc1. The number of carbonyl (C=O) groups excluding carboxylic acids is 1. The smallest absolute Gasteiger partial charge is 0.266 e. The van der Waals surface area contributed by atoms with E-state index in [1.54, 1.807) is 25.1 Å². The minimum atomic E-state index is -3.74. The Morgan fingerprint density at radius 2 is 1.81 bits per heavy atom. The number of ether oxygens (including phenoxy) is 1. The molecule has 0 aliphatic carbocycles. The number of benzene rings is 1. The number of nitrogens with one attached hydrogen (secondary N) is 2. The van der Waals surface area contributed by atoms with Gasteiger partial charge in [-0.2, -0.15) is 0 Å². The quantitative estimate of drug-likeness (QED) is 0.819. The van der Waals surface area contributed by atoms with Gasteiger partial charge in [0.2, 0.25) is 0 Å². The van der Waals surface area contributed by atoms with Crippen LogP contribution in [0, 0.1) is 6.92 Å². The molecular formula is C13H14N2O4S2. The van der Waals surface area contributed by atoms with Gasteiger partial charge in [-0.05, 0) is 43.3 Å². The highest BCUT2D eigenvalue weighted by molar-refractivity contribution is 7.91. The van der Waals surface area contributed by atoms with Crippen molar-refractivity contribution in [3.63, 3.8) is 0 Å². The third-order valence-corrected chi connectivity index (χ3v) is 5.37. The van der Waals surface area contributed by atoms with E-state index >= 15 is 0 Å². The van der Waals surface area contributed by atoms with Gasteiger partial charge in [0.05, 0.1) is 7.11 Å². The van der Waals surface area contributed by atoms with Crippen LogP contribution in [0.1, 0.15) is 15.2 Å². The number of hydrazine groups is 1. The third kappa shape index (κ3) is 3.81. The van der Waals surface area contributed by atoms with Crippen molar-refractivity contribution < 1.29 is 17.9 Å². The number of amides is 1. The molecule has 0 aliphatic heterocycles. The van der Waals surface area contributed by atoms with E-state index in [2.05, 4.69) is 10.3 Å². The van der Waals surface area contributed by atoms with Gasteiger partial charge in [-0.15, -0.1) is 16.2 Å². The van der Waals surface area contributed by atoms with Crippen molar-refractivity contribution in [2.45, 2.75) is 11.1 Å². The summed E-state index contributed by atoms with van der Waals surface area (Å²) in [5, 5.41) is 0. The van der Waals surface area contributed by atoms with Crippen LogP contribution in [0.5, 0.6) is 5.75 Å². The predicted octanol–water partition coefficient (Wildman–Crippen LogP) is 1.69. The van der Waals surface area contributed by atoms with Gasteiger partial charge in [0, 0.05) is 10.4 Å². The lowest BCUT2D eigenvalue weighted by Crippen LogP contribution is -2.41. The molecule has 0 aliphatic rings. The van der Waals surface area contributed by atoms with Crippen molar-refractivity contribution in [1.82, 2.24) is 10.3 Å².